The molecule has 0 saturated heterocycles. The second kappa shape index (κ2) is 8.51. The molecule has 1 aromatic rings. The van der Waals surface area contributed by atoms with E-state index in [2.05, 4.69) is 6.92 Å². The molecule has 2 heteroatoms. The summed E-state index contributed by atoms with van der Waals surface area (Å²) in [6, 6.07) is 10.0. The molecule has 0 heterocycles. The molecule has 0 aliphatic rings. The minimum absolute atomic E-state index is 0.243. The standard InChI is InChI=1S/C16H22O2/c1-3-5-7-12-15(13-16(17)18-4-2)14-10-8-6-9-11-14/h6,8-11,13H,3-5,7,12H2,1-2H3/b15-13+. The zero-order chi connectivity index (χ0) is 13.2. The summed E-state index contributed by atoms with van der Waals surface area (Å²) in [5.41, 5.74) is 2.18. The van der Waals surface area contributed by atoms with E-state index >= 15 is 0 Å². The summed E-state index contributed by atoms with van der Waals surface area (Å²) in [6.07, 6.45) is 6.04. The van der Waals surface area contributed by atoms with E-state index in [4.69, 9.17) is 4.74 Å². The van der Waals surface area contributed by atoms with Crippen LogP contribution in [0.5, 0.6) is 0 Å². The van der Waals surface area contributed by atoms with E-state index in [1.54, 1.807) is 6.08 Å². The molecular formula is C16H22O2. The third-order valence-corrected chi connectivity index (χ3v) is 2.77. The number of esters is 1. The molecule has 0 unspecified atom stereocenters. The van der Waals surface area contributed by atoms with Gasteiger partial charge >= 0.3 is 5.97 Å². The van der Waals surface area contributed by atoms with Crippen molar-refractivity contribution in [3.8, 4) is 0 Å². The van der Waals surface area contributed by atoms with Crippen molar-refractivity contribution in [1.82, 2.24) is 0 Å². The molecule has 0 aromatic heterocycles. The van der Waals surface area contributed by atoms with Crippen molar-refractivity contribution in [2.75, 3.05) is 6.61 Å². The van der Waals surface area contributed by atoms with Crippen molar-refractivity contribution in [3.05, 3.63) is 42.0 Å². The maximum atomic E-state index is 11.6. The Bertz CT molecular complexity index is 379. The van der Waals surface area contributed by atoms with Crippen LogP contribution in [0.25, 0.3) is 5.57 Å². The zero-order valence-electron chi connectivity index (χ0n) is 11.3. The van der Waals surface area contributed by atoms with E-state index in [0.29, 0.717) is 6.61 Å². The summed E-state index contributed by atoms with van der Waals surface area (Å²) in [4.78, 5) is 11.6. The molecule has 0 atom stereocenters. The molecule has 1 aromatic carbocycles. The van der Waals surface area contributed by atoms with Gasteiger partial charge in [0, 0.05) is 6.08 Å². The number of rotatable bonds is 7. The molecule has 0 spiro atoms. The van der Waals surface area contributed by atoms with Crippen LogP contribution in [0.4, 0.5) is 0 Å². The van der Waals surface area contributed by atoms with Crippen molar-refractivity contribution in [2.24, 2.45) is 0 Å². The summed E-state index contributed by atoms with van der Waals surface area (Å²) >= 11 is 0. The van der Waals surface area contributed by atoms with Gasteiger partial charge in [0.05, 0.1) is 6.61 Å². The maximum absolute atomic E-state index is 11.6. The van der Waals surface area contributed by atoms with Crippen LogP contribution in [0.3, 0.4) is 0 Å². The number of carbonyl (C=O) groups excluding carboxylic acids is 1. The molecule has 0 amide bonds. The van der Waals surface area contributed by atoms with Crippen molar-refractivity contribution < 1.29 is 9.53 Å². The fourth-order valence-corrected chi connectivity index (χ4v) is 1.84. The normalized spacial score (nSPS) is 11.3. The van der Waals surface area contributed by atoms with E-state index in [1.165, 1.54) is 12.8 Å². The molecule has 18 heavy (non-hydrogen) atoms. The number of unbranched alkanes of at least 4 members (excludes halogenated alkanes) is 2. The highest BCUT2D eigenvalue weighted by Crippen LogP contribution is 2.21. The van der Waals surface area contributed by atoms with Gasteiger partial charge in [-0.25, -0.2) is 4.79 Å². The van der Waals surface area contributed by atoms with Gasteiger partial charge in [0.2, 0.25) is 0 Å². The quantitative estimate of drug-likeness (QED) is 0.409. The number of hydrogen-bond acceptors (Lipinski definition) is 2. The van der Waals surface area contributed by atoms with Crippen LogP contribution < -0.4 is 0 Å². The smallest absolute Gasteiger partial charge is 0.331 e. The van der Waals surface area contributed by atoms with E-state index < -0.39 is 0 Å². The first kappa shape index (κ1) is 14.5. The molecule has 2 nitrogen and oxygen atoms in total. The molecule has 0 fully saturated rings. The third kappa shape index (κ3) is 5.17. The lowest BCUT2D eigenvalue weighted by atomic mass is 9.99. The Labute approximate surface area is 110 Å². The fourth-order valence-electron chi connectivity index (χ4n) is 1.84. The fraction of sp³-hybridized carbons (Fsp3) is 0.438. The van der Waals surface area contributed by atoms with Gasteiger partial charge in [-0.05, 0) is 30.9 Å². The average Bonchev–Trinajstić information content (AvgIpc) is 2.39. The highest BCUT2D eigenvalue weighted by Gasteiger charge is 2.05. The van der Waals surface area contributed by atoms with Gasteiger partial charge in [-0.3, -0.25) is 0 Å². The van der Waals surface area contributed by atoms with Crippen LogP contribution in [0.1, 0.15) is 45.1 Å². The number of benzene rings is 1. The molecule has 0 bridgehead atoms. The third-order valence-electron chi connectivity index (χ3n) is 2.77. The number of carbonyl (C=O) groups is 1. The summed E-state index contributed by atoms with van der Waals surface area (Å²) < 4.78 is 4.98. The maximum Gasteiger partial charge on any atom is 0.331 e. The van der Waals surface area contributed by atoms with Crippen LogP contribution in [-0.2, 0) is 9.53 Å². The Morgan fingerprint density at radius 3 is 2.50 bits per heavy atom. The highest BCUT2D eigenvalue weighted by atomic mass is 16.5. The Hall–Kier alpha value is -1.57. The number of ether oxygens (including phenoxy) is 1. The van der Waals surface area contributed by atoms with E-state index in [0.717, 1.165) is 24.0 Å². The molecule has 0 aliphatic carbocycles. The van der Waals surface area contributed by atoms with Gasteiger partial charge in [-0.2, -0.15) is 0 Å². The highest BCUT2D eigenvalue weighted by molar-refractivity contribution is 5.91. The van der Waals surface area contributed by atoms with Gasteiger partial charge in [0.25, 0.3) is 0 Å². The monoisotopic (exact) mass is 246 g/mol. The minimum Gasteiger partial charge on any atom is -0.463 e. The van der Waals surface area contributed by atoms with Crippen LogP contribution in [0.2, 0.25) is 0 Å². The van der Waals surface area contributed by atoms with E-state index in [-0.39, 0.29) is 5.97 Å². The van der Waals surface area contributed by atoms with Crippen LogP contribution >= 0.6 is 0 Å². The molecule has 0 radical (unpaired) electrons. The van der Waals surface area contributed by atoms with Crippen LogP contribution in [0.15, 0.2) is 36.4 Å². The zero-order valence-corrected chi connectivity index (χ0v) is 11.3. The summed E-state index contributed by atoms with van der Waals surface area (Å²) in [6.45, 7) is 4.43. The second-order valence-electron chi connectivity index (χ2n) is 4.24. The van der Waals surface area contributed by atoms with Gasteiger partial charge in [-0.1, -0.05) is 50.1 Å². The van der Waals surface area contributed by atoms with Gasteiger partial charge in [0.1, 0.15) is 0 Å². The lowest BCUT2D eigenvalue weighted by molar-refractivity contribution is -0.137. The lowest BCUT2D eigenvalue weighted by Crippen LogP contribution is -2.01. The van der Waals surface area contributed by atoms with Crippen molar-refractivity contribution in [1.29, 1.82) is 0 Å². The van der Waals surface area contributed by atoms with Crippen LogP contribution in [-0.4, -0.2) is 12.6 Å². The van der Waals surface area contributed by atoms with Crippen molar-refractivity contribution in [3.63, 3.8) is 0 Å². The second-order valence-corrected chi connectivity index (χ2v) is 4.24. The predicted octanol–water partition coefficient (Wildman–Crippen LogP) is 4.21. The Balaban J connectivity index is 2.78. The molecule has 98 valence electrons. The first-order chi connectivity index (χ1) is 8.77. The summed E-state index contributed by atoms with van der Waals surface area (Å²) in [5.74, 6) is -0.243. The molecule has 1 rings (SSSR count). The molecule has 0 N–H and O–H groups in total. The minimum atomic E-state index is -0.243. The molecule has 0 saturated carbocycles. The Morgan fingerprint density at radius 1 is 1.17 bits per heavy atom. The predicted molar refractivity (Wildman–Crippen MR) is 75.2 cm³/mol. The lowest BCUT2D eigenvalue weighted by Gasteiger charge is -2.07. The number of hydrogen-bond donors (Lipinski definition) is 0. The molecule has 0 aliphatic heterocycles. The van der Waals surface area contributed by atoms with Gasteiger partial charge < -0.3 is 4.74 Å². The Morgan fingerprint density at radius 2 is 1.89 bits per heavy atom. The van der Waals surface area contributed by atoms with E-state index in [1.807, 2.05) is 37.3 Å². The molecular weight excluding hydrogens is 224 g/mol. The summed E-state index contributed by atoms with van der Waals surface area (Å²) in [7, 11) is 0. The van der Waals surface area contributed by atoms with Gasteiger partial charge in [0.15, 0.2) is 0 Å². The Kier molecular flexibility index (Phi) is 6.85. The number of allylic oxidation sites excluding steroid dienone is 1. The summed E-state index contributed by atoms with van der Waals surface area (Å²) in [5, 5.41) is 0. The van der Waals surface area contributed by atoms with Gasteiger partial charge in [-0.15, -0.1) is 0 Å². The SMILES string of the molecule is CCCCC/C(=C\C(=O)OCC)c1ccccc1. The first-order valence-corrected chi connectivity index (χ1v) is 6.70. The average molecular weight is 246 g/mol. The largest absolute Gasteiger partial charge is 0.463 e. The first-order valence-electron chi connectivity index (χ1n) is 6.70. The van der Waals surface area contributed by atoms with Crippen LogP contribution in [0, 0.1) is 0 Å². The topological polar surface area (TPSA) is 26.3 Å². The van der Waals surface area contributed by atoms with Crippen molar-refractivity contribution in [2.45, 2.75) is 39.5 Å². The van der Waals surface area contributed by atoms with Crippen molar-refractivity contribution >= 4 is 11.5 Å². The van der Waals surface area contributed by atoms with E-state index in [9.17, 15) is 4.79 Å².